The van der Waals surface area contributed by atoms with Crippen molar-refractivity contribution < 1.29 is 14.4 Å². The van der Waals surface area contributed by atoms with Gasteiger partial charge in [0.25, 0.3) is 5.91 Å². The number of hydrogen-bond acceptors (Lipinski definition) is 3. The van der Waals surface area contributed by atoms with Crippen molar-refractivity contribution in [3.8, 4) is 0 Å². The van der Waals surface area contributed by atoms with E-state index in [0.717, 1.165) is 34.0 Å². The lowest BCUT2D eigenvalue weighted by Crippen LogP contribution is -2.49. The summed E-state index contributed by atoms with van der Waals surface area (Å²) in [5, 5.41) is 5.03. The first-order valence-electron chi connectivity index (χ1n) is 12.8. The average molecular weight is 486 g/mol. The molecule has 0 spiro atoms. The van der Waals surface area contributed by atoms with Crippen LogP contribution in [-0.2, 0) is 16.1 Å². The highest BCUT2D eigenvalue weighted by Crippen LogP contribution is 2.37. The fourth-order valence-electron chi connectivity index (χ4n) is 4.75. The standard InChI is InChI=1S/C30H35N3O3/c1-5-21(3)31-29(35)22(4)33(19-24-12-7-6-11-20(24)2)27(34)17-10-18-32-26-16-9-14-23-13-8-15-25(28(23)26)30(32)36/h6-9,11-16,21-22H,5,10,17-19H2,1-4H3,(H,31,35)/t21-,22-/m0/s1. The second-order valence-corrected chi connectivity index (χ2v) is 9.68. The quantitative estimate of drug-likeness (QED) is 0.428. The number of aryl methyl sites for hydroxylation is 1. The molecule has 6 nitrogen and oxygen atoms in total. The van der Waals surface area contributed by atoms with Crippen LogP contribution in [0.2, 0.25) is 0 Å². The molecular formula is C30H35N3O3. The molecule has 0 radical (unpaired) electrons. The molecule has 0 fully saturated rings. The molecule has 1 aliphatic rings. The van der Waals surface area contributed by atoms with Crippen LogP contribution in [0.15, 0.2) is 60.7 Å². The molecule has 3 amide bonds. The van der Waals surface area contributed by atoms with E-state index in [1.165, 1.54) is 0 Å². The molecule has 2 atom stereocenters. The average Bonchev–Trinajstić information content (AvgIpc) is 3.15. The van der Waals surface area contributed by atoms with E-state index in [-0.39, 0.29) is 30.2 Å². The zero-order valence-electron chi connectivity index (χ0n) is 21.6. The van der Waals surface area contributed by atoms with Gasteiger partial charge < -0.3 is 15.1 Å². The van der Waals surface area contributed by atoms with E-state index in [1.54, 1.807) is 16.7 Å². The lowest BCUT2D eigenvalue weighted by Gasteiger charge is -2.30. The number of amides is 3. The van der Waals surface area contributed by atoms with Gasteiger partial charge in [-0.3, -0.25) is 14.4 Å². The lowest BCUT2D eigenvalue weighted by molar-refractivity contribution is -0.140. The normalized spacial score (nSPS) is 14.1. The van der Waals surface area contributed by atoms with Gasteiger partial charge in [-0.2, -0.15) is 0 Å². The van der Waals surface area contributed by atoms with Gasteiger partial charge >= 0.3 is 0 Å². The Morgan fingerprint density at radius 1 is 1.00 bits per heavy atom. The van der Waals surface area contributed by atoms with Crippen LogP contribution in [0.4, 0.5) is 5.69 Å². The summed E-state index contributed by atoms with van der Waals surface area (Å²) in [6.45, 7) is 8.60. The summed E-state index contributed by atoms with van der Waals surface area (Å²) in [6, 6.07) is 19.1. The molecule has 1 heterocycles. The first-order chi connectivity index (χ1) is 17.3. The van der Waals surface area contributed by atoms with Crippen LogP contribution in [0.5, 0.6) is 0 Å². The lowest BCUT2D eigenvalue weighted by atomic mass is 10.1. The Morgan fingerprint density at radius 2 is 1.72 bits per heavy atom. The summed E-state index contributed by atoms with van der Waals surface area (Å²) >= 11 is 0. The number of nitrogens with zero attached hydrogens (tertiary/aromatic N) is 2. The highest BCUT2D eigenvalue weighted by molar-refractivity contribution is 6.25. The summed E-state index contributed by atoms with van der Waals surface area (Å²) in [4.78, 5) is 42.9. The second-order valence-electron chi connectivity index (χ2n) is 9.68. The van der Waals surface area contributed by atoms with E-state index < -0.39 is 6.04 Å². The smallest absolute Gasteiger partial charge is 0.258 e. The van der Waals surface area contributed by atoms with E-state index in [0.29, 0.717) is 25.1 Å². The number of nitrogens with one attached hydrogen (secondary N) is 1. The highest BCUT2D eigenvalue weighted by atomic mass is 16.2. The summed E-state index contributed by atoms with van der Waals surface area (Å²) in [7, 11) is 0. The number of carbonyl (C=O) groups is 3. The van der Waals surface area contributed by atoms with Gasteiger partial charge in [0.1, 0.15) is 6.04 Å². The van der Waals surface area contributed by atoms with Gasteiger partial charge in [-0.15, -0.1) is 0 Å². The zero-order chi connectivity index (χ0) is 25.8. The molecule has 4 rings (SSSR count). The van der Waals surface area contributed by atoms with Crippen molar-refractivity contribution in [2.75, 3.05) is 11.4 Å². The molecule has 0 aliphatic carbocycles. The molecule has 0 unspecified atom stereocenters. The summed E-state index contributed by atoms with van der Waals surface area (Å²) < 4.78 is 0. The first kappa shape index (κ1) is 25.4. The van der Waals surface area contributed by atoms with Crippen LogP contribution < -0.4 is 10.2 Å². The molecule has 188 valence electrons. The van der Waals surface area contributed by atoms with Gasteiger partial charge in [0, 0.05) is 36.5 Å². The van der Waals surface area contributed by atoms with Crippen LogP contribution >= 0.6 is 0 Å². The minimum atomic E-state index is -0.600. The van der Waals surface area contributed by atoms with Crippen LogP contribution in [0.25, 0.3) is 10.8 Å². The molecule has 1 aliphatic heterocycles. The number of carbonyl (C=O) groups excluding carboxylic acids is 3. The highest BCUT2D eigenvalue weighted by Gasteiger charge is 2.30. The van der Waals surface area contributed by atoms with Crippen molar-refractivity contribution >= 4 is 34.2 Å². The fourth-order valence-corrected chi connectivity index (χ4v) is 4.75. The molecule has 0 aromatic heterocycles. The predicted octanol–water partition coefficient (Wildman–Crippen LogP) is 5.22. The molecule has 6 heteroatoms. The Bertz CT molecular complexity index is 1280. The summed E-state index contributed by atoms with van der Waals surface area (Å²) in [5.41, 5.74) is 3.72. The number of benzene rings is 3. The number of anilines is 1. The molecule has 0 bridgehead atoms. The molecule has 36 heavy (non-hydrogen) atoms. The largest absolute Gasteiger partial charge is 0.352 e. The van der Waals surface area contributed by atoms with E-state index in [4.69, 9.17) is 0 Å². The van der Waals surface area contributed by atoms with Crippen molar-refractivity contribution in [2.45, 2.75) is 65.6 Å². The summed E-state index contributed by atoms with van der Waals surface area (Å²) in [6.07, 6.45) is 1.59. The predicted molar refractivity (Wildman–Crippen MR) is 144 cm³/mol. The number of hydrogen-bond donors (Lipinski definition) is 1. The topological polar surface area (TPSA) is 69.7 Å². The van der Waals surface area contributed by atoms with Gasteiger partial charge in [-0.05, 0) is 62.3 Å². The van der Waals surface area contributed by atoms with Crippen molar-refractivity contribution in [3.63, 3.8) is 0 Å². The molecule has 1 N–H and O–H groups in total. The molecular weight excluding hydrogens is 450 g/mol. The first-order valence-corrected chi connectivity index (χ1v) is 12.8. The molecule has 0 saturated heterocycles. The van der Waals surface area contributed by atoms with Crippen molar-refractivity contribution in [1.29, 1.82) is 0 Å². The number of rotatable bonds is 10. The zero-order valence-corrected chi connectivity index (χ0v) is 21.6. The SMILES string of the molecule is CC[C@H](C)NC(=O)[C@H](C)N(Cc1ccccc1C)C(=O)CCCN1C(=O)c2cccc3cccc1c23. The van der Waals surface area contributed by atoms with E-state index in [9.17, 15) is 14.4 Å². The maximum Gasteiger partial charge on any atom is 0.258 e. The van der Waals surface area contributed by atoms with Crippen molar-refractivity contribution in [3.05, 3.63) is 77.4 Å². The van der Waals surface area contributed by atoms with E-state index >= 15 is 0 Å². The van der Waals surface area contributed by atoms with Crippen molar-refractivity contribution in [2.24, 2.45) is 0 Å². The molecule has 0 saturated carbocycles. The third-order valence-electron chi connectivity index (χ3n) is 7.19. The van der Waals surface area contributed by atoms with Gasteiger partial charge in [0.05, 0.1) is 5.69 Å². The van der Waals surface area contributed by atoms with Gasteiger partial charge in [-0.1, -0.05) is 55.5 Å². The summed E-state index contributed by atoms with van der Waals surface area (Å²) in [5.74, 6) is -0.261. The Balaban J connectivity index is 1.47. The second kappa shape index (κ2) is 10.9. The van der Waals surface area contributed by atoms with E-state index in [1.807, 2.05) is 81.4 Å². The van der Waals surface area contributed by atoms with Gasteiger partial charge in [0.2, 0.25) is 11.8 Å². The Labute approximate surface area is 213 Å². The van der Waals surface area contributed by atoms with Crippen molar-refractivity contribution in [1.82, 2.24) is 10.2 Å². The van der Waals surface area contributed by atoms with E-state index in [2.05, 4.69) is 5.32 Å². The third-order valence-corrected chi connectivity index (χ3v) is 7.19. The van der Waals surface area contributed by atoms with Gasteiger partial charge in [0.15, 0.2) is 0 Å². The monoisotopic (exact) mass is 485 g/mol. The third kappa shape index (κ3) is 5.13. The van der Waals surface area contributed by atoms with Crippen LogP contribution in [0.1, 0.15) is 61.5 Å². The maximum atomic E-state index is 13.5. The fraction of sp³-hybridized carbons (Fsp3) is 0.367. The minimum Gasteiger partial charge on any atom is -0.352 e. The molecule has 3 aromatic carbocycles. The Kier molecular flexibility index (Phi) is 7.73. The van der Waals surface area contributed by atoms with Crippen LogP contribution in [0, 0.1) is 6.92 Å². The minimum absolute atomic E-state index is 0.0210. The molecule has 3 aromatic rings. The van der Waals surface area contributed by atoms with Crippen LogP contribution in [0.3, 0.4) is 0 Å². The van der Waals surface area contributed by atoms with Gasteiger partial charge in [-0.25, -0.2) is 0 Å². The maximum absolute atomic E-state index is 13.5. The van der Waals surface area contributed by atoms with Crippen LogP contribution in [-0.4, -0.2) is 41.2 Å². The Hall–Kier alpha value is -3.67. The Morgan fingerprint density at radius 3 is 2.44 bits per heavy atom.